The number of carbonyl (C=O) groups excluding carboxylic acids is 1. The molecule has 1 atom stereocenters. The third-order valence-corrected chi connectivity index (χ3v) is 6.86. The maximum absolute atomic E-state index is 13.1. The summed E-state index contributed by atoms with van der Waals surface area (Å²) in [7, 11) is -2.10. The van der Waals surface area contributed by atoms with Crippen molar-refractivity contribution >= 4 is 21.6 Å². The lowest BCUT2D eigenvalue weighted by Crippen LogP contribution is -2.29. The summed E-state index contributed by atoms with van der Waals surface area (Å²) in [5, 5.41) is 2.83. The lowest BCUT2D eigenvalue weighted by atomic mass is 10.1. The van der Waals surface area contributed by atoms with Crippen LogP contribution in [0.2, 0.25) is 0 Å². The molecule has 0 fully saturated rings. The van der Waals surface area contributed by atoms with Crippen LogP contribution in [0.25, 0.3) is 0 Å². The molecular formula is C27H32FN3O4S. The number of ether oxygens (including phenoxy) is 1. The summed E-state index contributed by atoms with van der Waals surface area (Å²) < 4.78 is 44.2. The molecule has 3 rings (SSSR count). The summed E-state index contributed by atoms with van der Waals surface area (Å²) >= 11 is 0. The molecule has 1 amide bonds. The highest BCUT2D eigenvalue weighted by atomic mass is 32.2. The van der Waals surface area contributed by atoms with E-state index in [2.05, 4.69) is 5.32 Å². The number of halogens is 1. The summed E-state index contributed by atoms with van der Waals surface area (Å²) in [6, 6.07) is 20.6. The molecule has 0 aliphatic carbocycles. The van der Waals surface area contributed by atoms with Crippen LogP contribution >= 0.6 is 0 Å². The highest BCUT2D eigenvalue weighted by Gasteiger charge is 2.16. The number of nitrogens with zero attached hydrogens (tertiary/aromatic N) is 1. The van der Waals surface area contributed by atoms with Gasteiger partial charge in [-0.1, -0.05) is 42.5 Å². The molecule has 0 aromatic heterocycles. The summed E-state index contributed by atoms with van der Waals surface area (Å²) in [4.78, 5) is 12.9. The van der Waals surface area contributed by atoms with Crippen molar-refractivity contribution in [2.24, 2.45) is 5.73 Å². The fraction of sp³-hybridized carbons (Fsp3) is 0.296. The van der Waals surface area contributed by atoms with Crippen molar-refractivity contribution in [3.05, 3.63) is 101 Å². The molecule has 7 nitrogen and oxygen atoms in total. The lowest BCUT2D eigenvalue weighted by molar-refractivity contribution is 0.0952. The third-order valence-electron chi connectivity index (χ3n) is 5.65. The van der Waals surface area contributed by atoms with Gasteiger partial charge >= 0.3 is 0 Å². The maximum atomic E-state index is 13.1. The first kappa shape index (κ1) is 27.3. The van der Waals surface area contributed by atoms with Crippen LogP contribution in [0, 0.1) is 5.82 Å². The van der Waals surface area contributed by atoms with E-state index in [1.807, 2.05) is 30.3 Å². The van der Waals surface area contributed by atoms with E-state index in [0.29, 0.717) is 42.8 Å². The monoisotopic (exact) mass is 513 g/mol. The first-order chi connectivity index (χ1) is 17.1. The van der Waals surface area contributed by atoms with Gasteiger partial charge in [-0.2, -0.15) is 0 Å². The Morgan fingerprint density at radius 1 is 1.03 bits per heavy atom. The fourth-order valence-electron chi connectivity index (χ4n) is 3.64. The number of benzene rings is 3. The van der Waals surface area contributed by atoms with Crippen LogP contribution in [-0.4, -0.2) is 46.8 Å². The zero-order valence-electron chi connectivity index (χ0n) is 20.5. The lowest BCUT2D eigenvalue weighted by Gasteiger charge is -2.19. The minimum atomic E-state index is -3.53. The summed E-state index contributed by atoms with van der Waals surface area (Å²) in [6.45, 7) is 0.820. The number of amides is 1. The molecule has 192 valence electrons. The SMILES string of the molecule is CN(c1cc(COCC(N)Cc2ccccc2)cc(C(=O)NCCc2ccc(F)cc2)c1)S(C)(=O)=O. The Bertz CT molecular complexity index is 1250. The van der Waals surface area contributed by atoms with Gasteiger partial charge < -0.3 is 15.8 Å². The van der Waals surface area contributed by atoms with E-state index in [1.165, 1.54) is 25.2 Å². The number of hydrogen-bond donors (Lipinski definition) is 2. The Morgan fingerprint density at radius 3 is 2.39 bits per heavy atom. The number of sulfonamides is 1. The molecule has 3 aromatic rings. The van der Waals surface area contributed by atoms with Crippen molar-refractivity contribution in [1.82, 2.24) is 5.32 Å². The average molecular weight is 514 g/mol. The second-order valence-electron chi connectivity index (χ2n) is 8.72. The van der Waals surface area contributed by atoms with Gasteiger partial charge in [-0.15, -0.1) is 0 Å². The maximum Gasteiger partial charge on any atom is 0.251 e. The van der Waals surface area contributed by atoms with Crippen LogP contribution < -0.4 is 15.4 Å². The molecule has 36 heavy (non-hydrogen) atoms. The minimum absolute atomic E-state index is 0.170. The van der Waals surface area contributed by atoms with Gasteiger partial charge in [0.1, 0.15) is 5.82 Å². The summed E-state index contributed by atoms with van der Waals surface area (Å²) in [5.41, 5.74) is 9.53. The van der Waals surface area contributed by atoms with E-state index in [4.69, 9.17) is 10.5 Å². The molecule has 1 unspecified atom stereocenters. The number of nitrogens with one attached hydrogen (secondary N) is 1. The number of rotatable bonds is 12. The highest BCUT2D eigenvalue weighted by molar-refractivity contribution is 7.92. The zero-order chi connectivity index (χ0) is 26.1. The zero-order valence-corrected chi connectivity index (χ0v) is 21.3. The molecule has 9 heteroatoms. The van der Waals surface area contributed by atoms with E-state index in [1.54, 1.807) is 24.3 Å². The van der Waals surface area contributed by atoms with Crippen molar-refractivity contribution in [3.8, 4) is 0 Å². The smallest absolute Gasteiger partial charge is 0.251 e. The standard InChI is InChI=1S/C27H32FN3O4S/c1-31(36(2,33)34)26-16-22(18-35-19-25(29)15-21-6-4-3-5-7-21)14-23(17-26)27(32)30-13-12-20-8-10-24(28)11-9-20/h3-11,14,16-17,25H,12-13,15,18-19,29H2,1-2H3,(H,30,32). The second kappa shape index (κ2) is 12.6. The van der Waals surface area contributed by atoms with Gasteiger partial charge in [0.15, 0.2) is 0 Å². The molecule has 0 saturated heterocycles. The molecule has 0 saturated carbocycles. The predicted molar refractivity (Wildman–Crippen MR) is 140 cm³/mol. The van der Waals surface area contributed by atoms with Gasteiger partial charge in [0.25, 0.3) is 5.91 Å². The van der Waals surface area contributed by atoms with E-state index in [9.17, 15) is 17.6 Å². The van der Waals surface area contributed by atoms with Crippen LogP contribution in [0.3, 0.4) is 0 Å². The molecule has 0 spiro atoms. The third kappa shape index (κ3) is 8.44. The largest absolute Gasteiger partial charge is 0.375 e. The van der Waals surface area contributed by atoms with E-state index in [0.717, 1.165) is 21.7 Å². The van der Waals surface area contributed by atoms with Gasteiger partial charge in [0.05, 0.1) is 25.2 Å². The van der Waals surface area contributed by atoms with Crippen LogP contribution in [-0.2, 0) is 34.2 Å². The molecule has 0 radical (unpaired) electrons. The average Bonchev–Trinajstić information content (AvgIpc) is 2.84. The Balaban J connectivity index is 1.66. The molecule has 3 aromatic carbocycles. The number of hydrogen-bond acceptors (Lipinski definition) is 5. The highest BCUT2D eigenvalue weighted by Crippen LogP contribution is 2.21. The molecule has 3 N–H and O–H groups in total. The topological polar surface area (TPSA) is 102 Å². The van der Waals surface area contributed by atoms with Crippen molar-refractivity contribution in [1.29, 1.82) is 0 Å². The van der Waals surface area contributed by atoms with Crippen molar-refractivity contribution < 1.29 is 22.3 Å². The van der Waals surface area contributed by atoms with Crippen molar-refractivity contribution in [2.75, 3.05) is 30.8 Å². The molecular weight excluding hydrogens is 481 g/mol. The minimum Gasteiger partial charge on any atom is -0.375 e. The summed E-state index contributed by atoms with van der Waals surface area (Å²) in [5.74, 6) is -0.659. The van der Waals surface area contributed by atoms with Crippen molar-refractivity contribution in [2.45, 2.75) is 25.5 Å². The van der Waals surface area contributed by atoms with Gasteiger partial charge in [-0.25, -0.2) is 12.8 Å². The number of nitrogens with two attached hydrogens (primary N) is 1. The van der Waals surface area contributed by atoms with Gasteiger partial charge in [-0.3, -0.25) is 9.10 Å². The van der Waals surface area contributed by atoms with Crippen LogP contribution in [0.4, 0.5) is 10.1 Å². The predicted octanol–water partition coefficient (Wildman–Crippen LogP) is 3.28. The molecule has 0 aliphatic rings. The Hall–Kier alpha value is -3.27. The van der Waals surface area contributed by atoms with E-state index in [-0.39, 0.29) is 24.4 Å². The van der Waals surface area contributed by atoms with E-state index >= 15 is 0 Å². The van der Waals surface area contributed by atoms with Crippen LogP contribution in [0.1, 0.15) is 27.0 Å². The fourth-order valence-corrected chi connectivity index (χ4v) is 4.13. The number of carbonyl (C=O) groups is 1. The Labute approximate surface area is 212 Å². The first-order valence-electron chi connectivity index (χ1n) is 11.6. The molecule has 0 aliphatic heterocycles. The molecule has 0 bridgehead atoms. The van der Waals surface area contributed by atoms with Gasteiger partial charge in [0, 0.05) is 25.2 Å². The molecule has 0 heterocycles. The van der Waals surface area contributed by atoms with Crippen molar-refractivity contribution in [3.63, 3.8) is 0 Å². The second-order valence-corrected chi connectivity index (χ2v) is 10.7. The van der Waals surface area contributed by atoms with Gasteiger partial charge in [0.2, 0.25) is 10.0 Å². The van der Waals surface area contributed by atoms with Crippen LogP contribution in [0.5, 0.6) is 0 Å². The Kier molecular flexibility index (Phi) is 9.58. The number of anilines is 1. The normalized spacial score (nSPS) is 12.2. The van der Waals surface area contributed by atoms with E-state index < -0.39 is 10.0 Å². The Morgan fingerprint density at radius 2 is 1.72 bits per heavy atom. The first-order valence-corrected chi connectivity index (χ1v) is 13.4. The quantitative estimate of drug-likeness (QED) is 0.387. The van der Waals surface area contributed by atoms with Crippen LogP contribution in [0.15, 0.2) is 72.8 Å². The van der Waals surface area contributed by atoms with Gasteiger partial charge in [-0.05, 0) is 59.9 Å². The summed E-state index contributed by atoms with van der Waals surface area (Å²) in [6.07, 6.45) is 2.30.